The molecule has 0 heterocycles. The summed E-state index contributed by atoms with van der Waals surface area (Å²) < 4.78 is 6.02. The zero-order chi connectivity index (χ0) is 16.9. The second kappa shape index (κ2) is 7.97. The molecule has 1 N–H and O–H groups in total. The molecule has 1 atom stereocenters. The Hall–Kier alpha value is -1.07. The Morgan fingerprint density at radius 2 is 2.00 bits per heavy atom. The fourth-order valence-electron chi connectivity index (χ4n) is 1.82. The number of carbonyl (C=O) groups excluding carboxylic acids is 2. The molecule has 4 nitrogen and oxygen atoms in total. The van der Waals surface area contributed by atoms with Gasteiger partial charge in [0.05, 0.1) is 5.02 Å². The standard InChI is InChI=1S/C16H21BrClNO3/c1-5-11(19-15(21)22-16(2,3)4)9-14(20)12-7-6-10(17)8-13(12)18/h6-8,11H,5,9H2,1-4H3,(H,19,21). The third kappa shape index (κ3) is 6.36. The van der Waals surface area contributed by atoms with E-state index < -0.39 is 11.7 Å². The Kier molecular flexibility index (Phi) is 6.88. The first-order valence-electron chi connectivity index (χ1n) is 7.10. The number of rotatable bonds is 5. The van der Waals surface area contributed by atoms with Crippen LogP contribution in [0.3, 0.4) is 0 Å². The number of carbonyl (C=O) groups is 2. The molecule has 6 heteroatoms. The second-order valence-corrected chi connectivity index (χ2v) is 7.33. The van der Waals surface area contributed by atoms with Crippen molar-refractivity contribution >= 4 is 39.4 Å². The van der Waals surface area contributed by atoms with E-state index >= 15 is 0 Å². The molecule has 1 aromatic rings. The Morgan fingerprint density at radius 3 is 2.50 bits per heavy atom. The van der Waals surface area contributed by atoms with E-state index in [0.29, 0.717) is 17.0 Å². The lowest BCUT2D eigenvalue weighted by atomic mass is 10.0. The van der Waals surface area contributed by atoms with Crippen molar-refractivity contribution in [3.8, 4) is 0 Å². The normalized spacial score (nSPS) is 12.6. The Morgan fingerprint density at radius 1 is 1.36 bits per heavy atom. The fourth-order valence-corrected chi connectivity index (χ4v) is 2.60. The van der Waals surface area contributed by atoms with E-state index in [2.05, 4.69) is 21.2 Å². The fraction of sp³-hybridized carbons (Fsp3) is 0.500. The largest absolute Gasteiger partial charge is 0.444 e. The molecule has 0 saturated heterocycles. The van der Waals surface area contributed by atoms with Crippen LogP contribution >= 0.6 is 27.5 Å². The summed E-state index contributed by atoms with van der Waals surface area (Å²) in [5, 5.41) is 3.12. The maximum Gasteiger partial charge on any atom is 0.407 e. The summed E-state index contributed by atoms with van der Waals surface area (Å²) in [6.45, 7) is 7.28. The molecule has 0 aliphatic heterocycles. The predicted octanol–water partition coefficient (Wildman–Crippen LogP) is 4.98. The number of amides is 1. The van der Waals surface area contributed by atoms with Crippen molar-refractivity contribution < 1.29 is 14.3 Å². The van der Waals surface area contributed by atoms with Gasteiger partial charge in [0, 0.05) is 22.5 Å². The van der Waals surface area contributed by atoms with Gasteiger partial charge in [0.25, 0.3) is 0 Å². The SMILES string of the molecule is CCC(CC(=O)c1ccc(Br)cc1Cl)NC(=O)OC(C)(C)C. The molecule has 0 spiro atoms. The smallest absolute Gasteiger partial charge is 0.407 e. The van der Waals surface area contributed by atoms with Crippen molar-refractivity contribution in [3.63, 3.8) is 0 Å². The monoisotopic (exact) mass is 389 g/mol. The quantitative estimate of drug-likeness (QED) is 0.721. The van der Waals surface area contributed by atoms with Crippen LogP contribution in [0.1, 0.15) is 50.9 Å². The van der Waals surface area contributed by atoms with Crippen LogP contribution in [0.25, 0.3) is 0 Å². The van der Waals surface area contributed by atoms with Crippen molar-refractivity contribution in [1.82, 2.24) is 5.32 Å². The molecule has 0 aromatic heterocycles. The molecule has 0 fully saturated rings. The maximum atomic E-state index is 12.3. The lowest BCUT2D eigenvalue weighted by Crippen LogP contribution is -2.39. The number of Topliss-reactive ketones (excluding diaryl/α,β-unsaturated/α-hetero) is 1. The van der Waals surface area contributed by atoms with E-state index in [4.69, 9.17) is 16.3 Å². The van der Waals surface area contributed by atoms with Crippen LogP contribution in [0.15, 0.2) is 22.7 Å². The molecule has 122 valence electrons. The van der Waals surface area contributed by atoms with Crippen LogP contribution in [0, 0.1) is 0 Å². The zero-order valence-electron chi connectivity index (χ0n) is 13.2. The molecule has 0 aliphatic rings. The predicted molar refractivity (Wildman–Crippen MR) is 91.5 cm³/mol. The Labute approximate surface area is 144 Å². The maximum absolute atomic E-state index is 12.3. The van der Waals surface area contributed by atoms with Gasteiger partial charge in [-0.15, -0.1) is 0 Å². The molecule has 1 aromatic carbocycles. The Balaban J connectivity index is 2.69. The van der Waals surface area contributed by atoms with Crippen molar-refractivity contribution in [1.29, 1.82) is 0 Å². The second-order valence-electron chi connectivity index (χ2n) is 6.00. The van der Waals surface area contributed by atoms with Crippen LogP contribution in [-0.4, -0.2) is 23.5 Å². The van der Waals surface area contributed by atoms with Gasteiger partial charge in [0.1, 0.15) is 5.60 Å². The summed E-state index contributed by atoms with van der Waals surface area (Å²) in [6.07, 6.45) is 0.282. The van der Waals surface area contributed by atoms with Gasteiger partial charge < -0.3 is 10.1 Å². The number of hydrogen-bond acceptors (Lipinski definition) is 3. The van der Waals surface area contributed by atoms with Gasteiger partial charge in [-0.3, -0.25) is 4.79 Å². The first-order valence-corrected chi connectivity index (χ1v) is 8.27. The highest BCUT2D eigenvalue weighted by molar-refractivity contribution is 9.10. The van der Waals surface area contributed by atoms with Gasteiger partial charge in [-0.2, -0.15) is 0 Å². The molecule has 1 amide bonds. The van der Waals surface area contributed by atoms with Gasteiger partial charge in [-0.25, -0.2) is 4.79 Å². The number of ether oxygens (including phenoxy) is 1. The lowest BCUT2D eigenvalue weighted by Gasteiger charge is -2.23. The summed E-state index contributed by atoms with van der Waals surface area (Å²) in [5.74, 6) is -0.111. The summed E-state index contributed by atoms with van der Waals surface area (Å²) >= 11 is 9.38. The molecule has 1 rings (SSSR count). The van der Waals surface area contributed by atoms with Crippen molar-refractivity contribution in [3.05, 3.63) is 33.3 Å². The van der Waals surface area contributed by atoms with Gasteiger partial charge >= 0.3 is 6.09 Å². The first-order chi connectivity index (χ1) is 10.1. The van der Waals surface area contributed by atoms with E-state index in [1.54, 1.807) is 39.0 Å². The molecular formula is C16H21BrClNO3. The van der Waals surface area contributed by atoms with E-state index in [1.165, 1.54) is 0 Å². The number of nitrogens with one attached hydrogen (secondary N) is 1. The van der Waals surface area contributed by atoms with Gasteiger partial charge in [0.2, 0.25) is 0 Å². The molecular weight excluding hydrogens is 370 g/mol. The van der Waals surface area contributed by atoms with Crippen molar-refractivity contribution in [2.75, 3.05) is 0 Å². The minimum atomic E-state index is -0.568. The third-order valence-corrected chi connectivity index (χ3v) is 3.68. The summed E-state index contributed by atoms with van der Waals surface area (Å²) in [5.41, 5.74) is -0.115. The number of hydrogen-bond donors (Lipinski definition) is 1. The van der Waals surface area contributed by atoms with Crippen LogP contribution in [0.5, 0.6) is 0 Å². The molecule has 0 bridgehead atoms. The Bertz CT molecular complexity index is 555. The number of halogens is 2. The topological polar surface area (TPSA) is 55.4 Å². The number of alkyl carbamates (subject to hydrolysis) is 1. The highest BCUT2D eigenvalue weighted by atomic mass is 79.9. The van der Waals surface area contributed by atoms with Crippen molar-refractivity contribution in [2.24, 2.45) is 0 Å². The summed E-state index contributed by atoms with van der Waals surface area (Å²) in [6, 6.07) is 4.83. The minimum absolute atomic E-state index is 0.111. The van der Waals surface area contributed by atoms with Gasteiger partial charge in [-0.1, -0.05) is 34.5 Å². The molecule has 0 aliphatic carbocycles. The van der Waals surface area contributed by atoms with E-state index in [0.717, 1.165) is 4.47 Å². The molecule has 22 heavy (non-hydrogen) atoms. The average Bonchev–Trinajstić information content (AvgIpc) is 2.35. The molecule has 0 radical (unpaired) electrons. The summed E-state index contributed by atoms with van der Waals surface area (Å²) in [7, 11) is 0. The van der Waals surface area contributed by atoms with E-state index in [-0.39, 0.29) is 18.2 Å². The van der Waals surface area contributed by atoms with Gasteiger partial charge in [-0.05, 0) is 45.4 Å². The van der Waals surface area contributed by atoms with Gasteiger partial charge in [0.15, 0.2) is 5.78 Å². The number of ketones is 1. The first kappa shape index (κ1) is 19.0. The molecule has 0 saturated carbocycles. The van der Waals surface area contributed by atoms with Crippen LogP contribution < -0.4 is 5.32 Å². The molecule has 1 unspecified atom stereocenters. The minimum Gasteiger partial charge on any atom is -0.444 e. The third-order valence-electron chi connectivity index (χ3n) is 2.88. The van der Waals surface area contributed by atoms with Crippen LogP contribution in [-0.2, 0) is 4.74 Å². The highest BCUT2D eigenvalue weighted by Crippen LogP contribution is 2.23. The average molecular weight is 391 g/mol. The van der Waals surface area contributed by atoms with Crippen molar-refractivity contribution in [2.45, 2.75) is 52.2 Å². The highest BCUT2D eigenvalue weighted by Gasteiger charge is 2.21. The number of benzene rings is 1. The van der Waals surface area contributed by atoms with E-state index in [9.17, 15) is 9.59 Å². The van der Waals surface area contributed by atoms with Crippen LogP contribution in [0.4, 0.5) is 4.79 Å². The van der Waals surface area contributed by atoms with Crippen LogP contribution in [0.2, 0.25) is 5.02 Å². The summed E-state index contributed by atoms with van der Waals surface area (Å²) in [4.78, 5) is 24.1. The lowest BCUT2D eigenvalue weighted by molar-refractivity contribution is 0.0500. The zero-order valence-corrected chi connectivity index (χ0v) is 15.5. The van der Waals surface area contributed by atoms with E-state index in [1.807, 2.05) is 6.92 Å².